The van der Waals surface area contributed by atoms with Crippen LogP contribution in [0.25, 0.3) is 0 Å². The monoisotopic (exact) mass is 260 g/mol. The number of methoxy groups -OCH3 is 1. The van der Waals surface area contributed by atoms with Crippen LogP contribution in [0.15, 0.2) is 29.3 Å². The molecule has 0 fully saturated rings. The van der Waals surface area contributed by atoms with E-state index in [9.17, 15) is 0 Å². The minimum atomic E-state index is 0.192. The summed E-state index contributed by atoms with van der Waals surface area (Å²) in [5.41, 5.74) is 1.77. The summed E-state index contributed by atoms with van der Waals surface area (Å²) >= 11 is 0. The summed E-state index contributed by atoms with van der Waals surface area (Å²) in [6.07, 6.45) is 0. The highest BCUT2D eigenvalue weighted by atomic mass is 16.5. The number of nitrogens with zero attached hydrogens (tertiary/aromatic N) is 2. The second-order valence-electron chi connectivity index (χ2n) is 4.24. The Kier molecular flexibility index (Phi) is 6.41. The highest BCUT2D eigenvalue weighted by Crippen LogP contribution is 2.02. The maximum absolute atomic E-state index is 8.73. The Morgan fingerprint density at radius 1 is 1.42 bits per heavy atom. The van der Waals surface area contributed by atoms with Crippen molar-refractivity contribution in [2.75, 3.05) is 20.8 Å². The van der Waals surface area contributed by atoms with Gasteiger partial charge in [0, 0.05) is 26.7 Å². The van der Waals surface area contributed by atoms with Gasteiger partial charge in [0.25, 0.3) is 0 Å². The van der Waals surface area contributed by atoms with Crippen LogP contribution < -0.4 is 10.6 Å². The lowest BCUT2D eigenvalue weighted by atomic mass is 10.1. The first-order valence-corrected chi connectivity index (χ1v) is 6.14. The predicted octanol–water partition coefficient (Wildman–Crippen LogP) is 1.26. The number of hydrogen-bond donors (Lipinski definition) is 2. The van der Waals surface area contributed by atoms with Crippen LogP contribution in [0.4, 0.5) is 0 Å². The smallest absolute Gasteiger partial charge is 0.191 e. The number of aliphatic imine (C=N–C) groups is 1. The molecule has 0 aliphatic rings. The highest BCUT2D eigenvalue weighted by Gasteiger charge is 2.04. The van der Waals surface area contributed by atoms with Crippen molar-refractivity contribution in [3.05, 3.63) is 35.4 Å². The first kappa shape index (κ1) is 15.0. The third-order valence-corrected chi connectivity index (χ3v) is 2.57. The predicted molar refractivity (Wildman–Crippen MR) is 75.8 cm³/mol. The van der Waals surface area contributed by atoms with E-state index in [-0.39, 0.29) is 6.04 Å². The number of ether oxygens (including phenoxy) is 1. The second kappa shape index (κ2) is 8.11. The molecule has 1 rings (SSSR count). The maximum atomic E-state index is 8.73. The lowest BCUT2D eigenvalue weighted by Crippen LogP contribution is -2.43. The number of hydrogen-bond acceptors (Lipinski definition) is 3. The molecule has 1 aromatic carbocycles. The molecule has 0 saturated carbocycles. The average molecular weight is 260 g/mol. The van der Waals surface area contributed by atoms with Gasteiger partial charge in [-0.1, -0.05) is 12.1 Å². The van der Waals surface area contributed by atoms with Crippen molar-refractivity contribution in [2.45, 2.75) is 19.5 Å². The molecular weight excluding hydrogens is 240 g/mol. The summed E-state index contributed by atoms with van der Waals surface area (Å²) in [7, 11) is 3.40. The normalized spacial score (nSPS) is 12.6. The van der Waals surface area contributed by atoms with Crippen LogP contribution >= 0.6 is 0 Å². The standard InChI is InChI=1S/C14H20N4O/c1-11(10-19-3)18-14(16-2)17-9-13-6-4-12(8-15)5-7-13/h4-7,11H,9-10H2,1-3H3,(H2,16,17,18). The zero-order chi connectivity index (χ0) is 14.1. The van der Waals surface area contributed by atoms with Crippen LogP contribution in [0.2, 0.25) is 0 Å². The van der Waals surface area contributed by atoms with E-state index >= 15 is 0 Å². The van der Waals surface area contributed by atoms with E-state index in [4.69, 9.17) is 10.00 Å². The quantitative estimate of drug-likeness (QED) is 0.617. The Morgan fingerprint density at radius 3 is 2.63 bits per heavy atom. The van der Waals surface area contributed by atoms with Gasteiger partial charge in [0.05, 0.1) is 18.2 Å². The molecular formula is C14H20N4O. The van der Waals surface area contributed by atoms with Gasteiger partial charge < -0.3 is 15.4 Å². The topological polar surface area (TPSA) is 69.4 Å². The van der Waals surface area contributed by atoms with E-state index in [1.165, 1.54) is 0 Å². The average Bonchev–Trinajstić information content (AvgIpc) is 2.44. The van der Waals surface area contributed by atoms with Gasteiger partial charge in [-0.05, 0) is 24.6 Å². The molecule has 0 saturated heterocycles. The number of rotatable bonds is 5. The molecule has 0 heterocycles. The zero-order valence-electron chi connectivity index (χ0n) is 11.6. The summed E-state index contributed by atoms with van der Waals surface area (Å²) in [5.74, 6) is 0.730. The van der Waals surface area contributed by atoms with Crippen LogP contribution in [0.5, 0.6) is 0 Å². The largest absolute Gasteiger partial charge is 0.383 e. The van der Waals surface area contributed by atoms with Gasteiger partial charge >= 0.3 is 0 Å². The molecule has 0 spiro atoms. The molecule has 1 unspecified atom stereocenters. The van der Waals surface area contributed by atoms with Crippen LogP contribution in [-0.2, 0) is 11.3 Å². The molecule has 0 aliphatic carbocycles. The Hall–Kier alpha value is -2.06. The van der Waals surface area contributed by atoms with Crippen LogP contribution in [0.3, 0.4) is 0 Å². The number of benzene rings is 1. The molecule has 0 radical (unpaired) electrons. The van der Waals surface area contributed by atoms with E-state index in [2.05, 4.69) is 21.7 Å². The molecule has 0 amide bonds. The van der Waals surface area contributed by atoms with E-state index in [0.717, 1.165) is 11.5 Å². The van der Waals surface area contributed by atoms with Gasteiger partial charge in [0.1, 0.15) is 0 Å². The number of guanidine groups is 1. The fraction of sp³-hybridized carbons (Fsp3) is 0.429. The third kappa shape index (κ3) is 5.40. The first-order chi connectivity index (χ1) is 9.19. The third-order valence-electron chi connectivity index (χ3n) is 2.57. The van der Waals surface area contributed by atoms with Crippen molar-refractivity contribution in [2.24, 2.45) is 4.99 Å². The van der Waals surface area contributed by atoms with Gasteiger partial charge in [-0.25, -0.2) is 0 Å². The van der Waals surface area contributed by atoms with Crippen LogP contribution in [0, 0.1) is 11.3 Å². The van der Waals surface area contributed by atoms with Crippen molar-refractivity contribution in [1.29, 1.82) is 5.26 Å². The van der Waals surface area contributed by atoms with Crippen molar-refractivity contribution < 1.29 is 4.74 Å². The number of nitrogens with one attached hydrogen (secondary N) is 2. The van der Waals surface area contributed by atoms with Crippen molar-refractivity contribution in [3.63, 3.8) is 0 Å². The van der Waals surface area contributed by atoms with Gasteiger partial charge in [-0.3, -0.25) is 4.99 Å². The minimum Gasteiger partial charge on any atom is -0.383 e. The molecule has 102 valence electrons. The summed E-state index contributed by atoms with van der Waals surface area (Å²) in [4.78, 5) is 4.15. The summed E-state index contributed by atoms with van der Waals surface area (Å²) in [5, 5.41) is 15.2. The van der Waals surface area contributed by atoms with E-state index in [1.807, 2.05) is 19.1 Å². The maximum Gasteiger partial charge on any atom is 0.191 e. The van der Waals surface area contributed by atoms with Crippen LogP contribution in [0.1, 0.15) is 18.1 Å². The lowest BCUT2D eigenvalue weighted by molar-refractivity contribution is 0.179. The molecule has 0 aliphatic heterocycles. The highest BCUT2D eigenvalue weighted by molar-refractivity contribution is 5.79. The number of nitriles is 1. The summed E-state index contributed by atoms with van der Waals surface area (Å²) in [6, 6.07) is 9.76. The molecule has 19 heavy (non-hydrogen) atoms. The minimum absolute atomic E-state index is 0.192. The SMILES string of the molecule is CN=C(NCc1ccc(C#N)cc1)NC(C)COC. The molecule has 0 bridgehead atoms. The Bertz CT molecular complexity index is 448. The molecule has 5 heteroatoms. The second-order valence-corrected chi connectivity index (χ2v) is 4.24. The lowest BCUT2D eigenvalue weighted by Gasteiger charge is -2.17. The Balaban J connectivity index is 2.47. The molecule has 5 nitrogen and oxygen atoms in total. The fourth-order valence-corrected chi connectivity index (χ4v) is 1.60. The van der Waals surface area contributed by atoms with Gasteiger partial charge in [-0.2, -0.15) is 5.26 Å². The molecule has 1 atom stereocenters. The van der Waals surface area contributed by atoms with Crippen molar-refractivity contribution >= 4 is 5.96 Å². The molecule has 1 aromatic rings. The van der Waals surface area contributed by atoms with Crippen molar-refractivity contribution in [1.82, 2.24) is 10.6 Å². The van der Waals surface area contributed by atoms with Gasteiger partial charge in [0.15, 0.2) is 5.96 Å². The Morgan fingerprint density at radius 2 is 2.11 bits per heavy atom. The molecule has 2 N–H and O–H groups in total. The fourth-order valence-electron chi connectivity index (χ4n) is 1.60. The Labute approximate surface area is 114 Å². The van der Waals surface area contributed by atoms with Crippen LogP contribution in [-0.4, -0.2) is 32.8 Å². The van der Waals surface area contributed by atoms with E-state index < -0.39 is 0 Å². The summed E-state index contributed by atoms with van der Waals surface area (Å²) in [6.45, 7) is 3.31. The van der Waals surface area contributed by atoms with Gasteiger partial charge in [-0.15, -0.1) is 0 Å². The molecule has 0 aromatic heterocycles. The van der Waals surface area contributed by atoms with E-state index in [1.54, 1.807) is 26.3 Å². The van der Waals surface area contributed by atoms with E-state index in [0.29, 0.717) is 18.7 Å². The summed E-state index contributed by atoms with van der Waals surface area (Å²) < 4.78 is 5.06. The zero-order valence-corrected chi connectivity index (χ0v) is 11.6. The van der Waals surface area contributed by atoms with Crippen molar-refractivity contribution in [3.8, 4) is 6.07 Å². The first-order valence-electron chi connectivity index (χ1n) is 6.14. The van der Waals surface area contributed by atoms with Gasteiger partial charge in [0.2, 0.25) is 0 Å².